The molecule has 0 radical (unpaired) electrons. The normalized spacial score (nSPS) is 15.2. The molecule has 9 heteroatoms. The molecule has 2 amide bonds. The molecular weight excluding hydrogens is 497 g/mol. The van der Waals surface area contributed by atoms with Crippen molar-refractivity contribution in [2.45, 2.75) is 25.8 Å². The maximum atomic E-state index is 13.9. The molecular formula is C30H30FN5O3. The zero-order valence-corrected chi connectivity index (χ0v) is 21.8. The van der Waals surface area contributed by atoms with Crippen molar-refractivity contribution < 1.29 is 18.7 Å². The molecule has 4 aromatic rings. The summed E-state index contributed by atoms with van der Waals surface area (Å²) in [6.07, 6.45) is 2.10. The summed E-state index contributed by atoms with van der Waals surface area (Å²) in [6, 6.07) is 19.7. The third-order valence-electron chi connectivity index (χ3n) is 7.56. The third kappa shape index (κ3) is 4.80. The van der Waals surface area contributed by atoms with Crippen LogP contribution in [0.25, 0.3) is 10.8 Å². The number of piperazine rings is 1. The van der Waals surface area contributed by atoms with Crippen LogP contribution < -0.4 is 14.5 Å². The number of anilines is 2. The number of halogens is 1. The van der Waals surface area contributed by atoms with Crippen LogP contribution in [0.1, 0.15) is 29.2 Å². The second-order valence-corrected chi connectivity index (χ2v) is 9.97. The fraction of sp³-hybridized carbons (Fsp3) is 0.300. The van der Waals surface area contributed by atoms with E-state index in [-0.39, 0.29) is 11.7 Å². The van der Waals surface area contributed by atoms with Gasteiger partial charge in [0.1, 0.15) is 17.4 Å². The molecule has 6 rings (SSSR count). The van der Waals surface area contributed by atoms with Gasteiger partial charge in [-0.05, 0) is 48.6 Å². The molecule has 0 bridgehead atoms. The van der Waals surface area contributed by atoms with E-state index in [1.54, 1.807) is 25.2 Å². The van der Waals surface area contributed by atoms with Gasteiger partial charge in [-0.1, -0.05) is 36.4 Å². The lowest BCUT2D eigenvalue weighted by Crippen LogP contribution is -2.49. The fourth-order valence-electron chi connectivity index (χ4n) is 5.42. The lowest BCUT2D eigenvalue weighted by atomic mass is 10.1. The summed E-state index contributed by atoms with van der Waals surface area (Å²) in [5.41, 5.74) is 1.36. The van der Waals surface area contributed by atoms with E-state index in [1.165, 1.54) is 17.0 Å². The highest BCUT2D eigenvalue weighted by Gasteiger charge is 2.33. The number of nitrogens with zero attached hydrogens (tertiary/aromatic N) is 5. The average molecular weight is 528 g/mol. The average Bonchev–Trinajstić information content (AvgIpc) is 3.36. The number of carbonyl (C=O) groups excluding carboxylic acids is 2. The van der Waals surface area contributed by atoms with Gasteiger partial charge in [0.25, 0.3) is 5.91 Å². The molecule has 2 aliphatic rings. The van der Waals surface area contributed by atoms with Gasteiger partial charge in [-0.15, -0.1) is 0 Å². The fourth-order valence-corrected chi connectivity index (χ4v) is 5.42. The maximum absolute atomic E-state index is 13.9. The van der Waals surface area contributed by atoms with Crippen LogP contribution >= 0.6 is 0 Å². The van der Waals surface area contributed by atoms with E-state index in [0.717, 1.165) is 41.5 Å². The highest BCUT2D eigenvalue weighted by molar-refractivity contribution is 6.02. The number of ether oxygens (including phenoxy) is 1. The Hall–Kier alpha value is -4.40. The smallest absolute Gasteiger partial charge is 0.409 e. The van der Waals surface area contributed by atoms with E-state index in [4.69, 9.17) is 9.72 Å². The largest absolute Gasteiger partial charge is 0.420 e. The first kappa shape index (κ1) is 24.9. The van der Waals surface area contributed by atoms with Crippen LogP contribution in [0.15, 0.2) is 66.7 Å². The first-order chi connectivity index (χ1) is 19.0. The van der Waals surface area contributed by atoms with E-state index in [0.29, 0.717) is 50.0 Å². The Bertz CT molecular complexity index is 1520. The van der Waals surface area contributed by atoms with Gasteiger partial charge in [0.2, 0.25) is 0 Å². The summed E-state index contributed by atoms with van der Waals surface area (Å²) in [6.45, 7) is 2.98. The summed E-state index contributed by atoms with van der Waals surface area (Å²) in [7, 11) is 1.60. The van der Waals surface area contributed by atoms with Crippen molar-refractivity contribution >= 4 is 34.3 Å². The Kier molecular flexibility index (Phi) is 6.64. The van der Waals surface area contributed by atoms with Crippen LogP contribution in [0.3, 0.4) is 0 Å². The van der Waals surface area contributed by atoms with Gasteiger partial charge >= 0.3 is 6.09 Å². The van der Waals surface area contributed by atoms with Gasteiger partial charge in [-0.3, -0.25) is 9.69 Å². The van der Waals surface area contributed by atoms with Crippen LogP contribution in [0, 0.1) is 5.82 Å². The molecule has 200 valence electrons. The monoisotopic (exact) mass is 527 g/mol. The molecule has 0 spiro atoms. The Morgan fingerprint density at radius 1 is 0.897 bits per heavy atom. The van der Waals surface area contributed by atoms with Gasteiger partial charge in [-0.25, -0.2) is 14.2 Å². The topological polar surface area (TPSA) is 70.9 Å². The minimum atomic E-state index is -0.600. The first-order valence-electron chi connectivity index (χ1n) is 13.3. The number of benzene rings is 3. The standard InChI is InChI=1S/C30H30FN5O3/c1-33(30(38)39-25-10-6-8-21-7-2-3-9-24(21)25)28-27(36-16-5-4-11-26(36)32-28)29(37)35-19-17-34(18-20-35)23-14-12-22(31)13-15-23/h2-3,6-10,12-15H,4-5,11,16-20H2,1H3. The van der Waals surface area contributed by atoms with E-state index in [1.807, 2.05) is 45.9 Å². The number of hydrogen-bond acceptors (Lipinski definition) is 5. The predicted molar refractivity (Wildman–Crippen MR) is 148 cm³/mol. The van der Waals surface area contributed by atoms with Gasteiger partial charge in [0, 0.05) is 57.3 Å². The molecule has 39 heavy (non-hydrogen) atoms. The van der Waals surface area contributed by atoms with Crippen molar-refractivity contribution in [3.63, 3.8) is 0 Å². The van der Waals surface area contributed by atoms with Crippen molar-refractivity contribution in [1.29, 1.82) is 0 Å². The van der Waals surface area contributed by atoms with Gasteiger partial charge < -0.3 is 19.1 Å². The van der Waals surface area contributed by atoms with Crippen molar-refractivity contribution in [2.75, 3.05) is 43.0 Å². The van der Waals surface area contributed by atoms with Gasteiger partial charge in [0.05, 0.1) is 0 Å². The lowest BCUT2D eigenvalue weighted by molar-refractivity contribution is 0.0735. The minimum absolute atomic E-state index is 0.144. The second-order valence-electron chi connectivity index (χ2n) is 9.97. The van der Waals surface area contributed by atoms with Crippen molar-refractivity contribution in [3.8, 4) is 5.75 Å². The zero-order valence-electron chi connectivity index (χ0n) is 21.8. The lowest BCUT2D eigenvalue weighted by Gasteiger charge is -2.36. The quantitative estimate of drug-likeness (QED) is 0.369. The Labute approximate surface area is 226 Å². The molecule has 2 aliphatic heterocycles. The number of carbonyl (C=O) groups is 2. The number of aromatic nitrogens is 2. The Morgan fingerprint density at radius 2 is 1.64 bits per heavy atom. The number of fused-ring (bicyclic) bond motifs is 2. The maximum Gasteiger partial charge on any atom is 0.420 e. The number of rotatable bonds is 4. The van der Waals surface area contributed by atoms with Crippen molar-refractivity contribution in [2.24, 2.45) is 0 Å². The predicted octanol–water partition coefficient (Wildman–Crippen LogP) is 5.11. The van der Waals surface area contributed by atoms with Crippen molar-refractivity contribution in [3.05, 3.63) is 84.1 Å². The van der Waals surface area contributed by atoms with E-state index in [2.05, 4.69) is 4.90 Å². The molecule has 0 saturated carbocycles. The van der Waals surface area contributed by atoms with Gasteiger partial charge in [-0.2, -0.15) is 0 Å². The van der Waals surface area contributed by atoms with Crippen LogP contribution in [0.4, 0.5) is 20.7 Å². The highest BCUT2D eigenvalue weighted by Crippen LogP contribution is 2.30. The summed E-state index contributed by atoms with van der Waals surface area (Å²) in [5.74, 6) is 1.18. The number of hydrogen-bond donors (Lipinski definition) is 0. The SMILES string of the molecule is CN(C(=O)Oc1cccc2ccccc12)c1nc2n(c1C(=O)N1CCN(c3ccc(F)cc3)CC1)CCCC2. The van der Waals surface area contributed by atoms with Crippen LogP contribution in [-0.2, 0) is 13.0 Å². The molecule has 8 nitrogen and oxygen atoms in total. The van der Waals surface area contributed by atoms with E-state index in [9.17, 15) is 14.0 Å². The zero-order chi connectivity index (χ0) is 26.9. The van der Waals surface area contributed by atoms with Crippen LogP contribution in [0.5, 0.6) is 5.75 Å². The summed E-state index contributed by atoms with van der Waals surface area (Å²) < 4.78 is 21.1. The molecule has 3 aromatic carbocycles. The third-order valence-corrected chi connectivity index (χ3v) is 7.56. The molecule has 3 heterocycles. The molecule has 1 aromatic heterocycles. The molecule has 1 saturated heterocycles. The molecule has 0 atom stereocenters. The second kappa shape index (κ2) is 10.4. The van der Waals surface area contributed by atoms with Crippen LogP contribution in [-0.4, -0.2) is 59.7 Å². The molecule has 0 aliphatic carbocycles. The van der Waals surface area contributed by atoms with E-state index < -0.39 is 6.09 Å². The summed E-state index contributed by atoms with van der Waals surface area (Å²) in [5, 5.41) is 1.81. The Morgan fingerprint density at radius 3 is 2.44 bits per heavy atom. The first-order valence-corrected chi connectivity index (χ1v) is 13.3. The van der Waals surface area contributed by atoms with Gasteiger partial charge in [0.15, 0.2) is 11.5 Å². The number of aryl methyl sites for hydroxylation is 1. The minimum Gasteiger partial charge on any atom is -0.409 e. The number of amides is 2. The Balaban J connectivity index is 1.24. The van der Waals surface area contributed by atoms with Crippen LogP contribution in [0.2, 0.25) is 0 Å². The van der Waals surface area contributed by atoms with E-state index >= 15 is 0 Å². The molecule has 0 unspecified atom stereocenters. The molecule has 0 N–H and O–H groups in total. The molecule has 1 fully saturated rings. The highest BCUT2D eigenvalue weighted by atomic mass is 19.1. The number of imidazole rings is 1. The van der Waals surface area contributed by atoms with Crippen molar-refractivity contribution in [1.82, 2.24) is 14.5 Å². The summed E-state index contributed by atoms with van der Waals surface area (Å²) >= 11 is 0. The summed E-state index contributed by atoms with van der Waals surface area (Å²) in [4.78, 5) is 37.3.